The van der Waals surface area contributed by atoms with Crippen LogP contribution in [0.25, 0.3) is 0 Å². The first-order chi connectivity index (χ1) is 14.6. The minimum atomic E-state index is -3.82. The van der Waals surface area contributed by atoms with Crippen LogP contribution in [-0.2, 0) is 29.1 Å². The fourth-order valence-electron chi connectivity index (χ4n) is 2.71. The van der Waals surface area contributed by atoms with Gasteiger partial charge in [-0.15, -0.1) is 0 Å². The number of carbonyl (C=O) groups excluding carboxylic acids is 3. The molecule has 2 aromatic rings. The first-order valence-electron chi connectivity index (χ1n) is 9.20. The second-order valence-electron chi connectivity index (χ2n) is 6.77. The van der Waals surface area contributed by atoms with Crippen molar-refractivity contribution < 1.29 is 32.3 Å². The van der Waals surface area contributed by atoms with E-state index in [1.54, 1.807) is 26.0 Å². The van der Waals surface area contributed by atoms with Crippen molar-refractivity contribution in [3.63, 3.8) is 0 Å². The quantitative estimate of drug-likeness (QED) is 0.613. The van der Waals surface area contributed by atoms with Crippen molar-refractivity contribution in [1.82, 2.24) is 4.90 Å². The minimum absolute atomic E-state index is 0.155. The lowest BCUT2D eigenvalue weighted by atomic mass is 10.2. The van der Waals surface area contributed by atoms with E-state index in [9.17, 15) is 22.8 Å². The lowest BCUT2D eigenvalue weighted by molar-refractivity contribution is -0.144. The predicted octanol–water partition coefficient (Wildman–Crippen LogP) is 1.89. The number of esters is 2. The molecule has 0 fully saturated rings. The average Bonchev–Trinajstić information content (AvgIpc) is 2.74. The Balaban J connectivity index is 2.22. The highest BCUT2D eigenvalue weighted by Gasteiger charge is 2.23. The SMILES string of the molecule is COC(=O)CN(CC(=O)OC)C(=O)c1ccc(NS(=O)(=O)c2cc(C)ccc2C)cc1. The van der Waals surface area contributed by atoms with Crippen molar-refractivity contribution in [2.75, 3.05) is 32.0 Å². The molecule has 0 saturated carbocycles. The molecule has 0 bridgehead atoms. The van der Waals surface area contributed by atoms with Gasteiger partial charge in [0, 0.05) is 11.3 Å². The molecular weight excluding hydrogens is 424 g/mol. The number of ether oxygens (including phenoxy) is 2. The van der Waals surface area contributed by atoms with Crippen molar-refractivity contribution in [2.45, 2.75) is 18.7 Å². The third-order valence-electron chi connectivity index (χ3n) is 4.40. The van der Waals surface area contributed by atoms with Gasteiger partial charge in [0.2, 0.25) is 0 Å². The third-order valence-corrected chi connectivity index (χ3v) is 5.92. The Morgan fingerprint density at radius 3 is 1.97 bits per heavy atom. The molecule has 0 radical (unpaired) electrons. The Morgan fingerprint density at radius 2 is 1.45 bits per heavy atom. The zero-order valence-corrected chi connectivity index (χ0v) is 18.5. The monoisotopic (exact) mass is 448 g/mol. The van der Waals surface area contributed by atoms with Gasteiger partial charge < -0.3 is 14.4 Å². The van der Waals surface area contributed by atoms with Crippen LogP contribution in [0.4, 0.5) is 5.69 Å². The van der Waals surface area contributed by atoms with Gasteiger partial charge in [-0.05, 0) is 55.3 Å². The summed E-state index contributed by atoms with van der Waals surface area (Å²) in [5.74, 6) is -2.01. The molecule has 2 rings (SSSR count). The highest BCUT2D eigenvalue weighted by molar-refractivity contribution is 7.92. The smallest absolute Gasteiger partial charge is 0.325 e. The molecule has 10 heteroatoms. The molecule has 31 heavy (non-hydrogen) atoms. The van der Waals surface area contributed by atoms with Crippen LogP contribution in [0.15, 0.2) is 47.4 Å². The van der Waals surface area contributed by atoms with Crippen LogP contribution < -0.4 is 4.72 Å². The number of rotatable bonds is 8. The van der Waals surface area contributed by atoms with Crippen LogP contribution in [0, 0.1) is 13.8 Å². The summed E-state index contributed by atoms with van der Waals surface area (Å²) in [6.07, 6.45) is 0. The van der Waals surface area contributed by atoms with Crippen molar-refractivity contribution in [3.8, 4) is 0 Å². The molecule has 0 aliphatic heterocycles. The molecule has 0 heterocycles. The fraction of sp³-hybridized carbons (Fsp3) is 0.286. The topological polar surface area (TPSA) is 119 Å². The molecule has 0 atom stereocenters. The number of nitrogens with zero attached hydrogens (tertiary/aromatic N) is 1. The molecule has 9 nitrogen and oxygen atoms in total. The van der Waals surface area contributed by atoms with Crippen LogP contribution in [0.5, 0.6) is 0 Å². The summed E-state index contributed by atoms with van der Waals surface area (Å²) in [5.41, 5.74) is 1.82. The Morgan fingerprint density at radius 1 is 0.903 bits per heavy atom. The van der Waals surface area contributed by atoms with E-state index in [1.807, 2.05) is 6.07 Å². The van der Waals surface area contributed by atoms with Gasteiger partial charge in [0.05, 0.1) is 19.1 Å². The average molecular weight is 448 g/mol. The lowest BCUT2D eigenvalue weighted by Gasteiger charge is -2.20. The largest absolute Gasteiger partial charge is 0.468 e. The summed E-state index contributed by atoms with van der Waals surface area (Å²) in [7, 11) is -1.49. The van der Waals surface area contributed by atoms with Gasteiger partial charge in [0.25, 0.3) is 15.9 Å². The molecule has 166 valence electrons. The molecule has 0 saturated heterocycles. The minimum Gasteiger partial charge on any atom is -0.468 e. The molecule has 1 amide bonds. The van der Waals surface area contributed by atoms with E-state index >= 15 is 0 Å². The number of hydrogen-bond donors (Lipinski definition) is 1. The number of carbonyl (C=O) groups is 3. The van der Waals surface area contributed by atoms with Crippen molar-refractivity contribution in [2.24, 2.45) is 0 Å². The molecule has 0 unspecified atom stereocenters. The third kappa shape index (κ3) is 6.29. The van der Waals surface area contributed by atoms with Gasteiger partial charge in [0.15, 0.2) is 0 Å². The summed E-state index contributed by atoms with van der Waals surface area (Å²) in [4.78, 5) is 37.0. The predicted molar refractivity (Wildman–Crippen MR) is 113 cm³/mol. The van der Waals surface area contributed by atoms with Gasteiger partial charge in [0.1, 0.15) is 13.1 Å². The molecule has 0 aliphatic rings. The van der Waals surface area contributed by atoms with E-state index in [1.165, 1.54) is 38.5 Å². The maximum Gasteiger partial charge on any atom is 0.325 e. The summed E-state index contributed by atoms with van der Waals surface area (Å²) in [6.45, 7) is 2.62. The number of aryl methyl sites for hydroxylation is 2. The Kier molecular flexibility index (Phi) is 7.76. The lowest BCUT2D eigenvalue weighted by Crippen LogP contribution is -2.40. The van der Waals surface area contributed by atoms with E-state index in [2.05, 4.69) is 14.2 Å². The molecule has 0 spiro atoms. The summed E-state index contributed by atoms with van der Waals surface area (Å²) >= 11 is 0. The van der Waals surface area contributed by atoms with Crippen molar-refractivity contribution >= 4 is 33.6 Å². The van der Waals surface area contributed by atoms with E-state index in [0.717, 1.165) is 10.5 Å². The summed E-state index contributed by atoms with van der Waals surface area (Å²) in [6, 6.07) is 10.8. The number of benzene rings is 2. The number of amides is 1. The molecule has 2 aromatic carbocycles. The first-order valence-corrected chi connectivity index (χ1v) is 10.7. The number of sulfonamides is 1. The number of hydrogen-bond acceptors (Lipinski definition) is 7. The molecular formula is C21H24N2O7S. The first kappa shape index (κ1) is 23.9. The van der Waals surface area contributed by atoms with Crippen LogP contribution in [0.1, 0.15) is 21.5 Å². The van der Waals surface area contributed by atoms with Crippen molar-refractivity contribution in [1.29, 1.82) is 0 Å². The van der Waals surface area contributed by atoms with Gasteiger partial charge in [-0.1, -0.05) is 12.1 Å². The zero-order chi connectivity index (χ0) is 23.2. The van der Waals surface area contributed by atoms with Gasteiger partial charge in [-0.25, -0.2) is 8.42 Å². The second-order valence-corrected chi connectivity index (χ2v) is 8.42. The second kappa shape index (κ2) is 10.1. The van der Waals surface area contributed by atoms with Gasteiger partial charge >= 0.3 is 11.9 Å². The fourth-order valence-corrected chi connectivity index (χ4v) is 4.10. The van der Waals surface area contributed by atoms with Crippen LogP contribution in [-0.4, -0.2) is 58.5 Å². The summed E-state index contributed by atoms with van der Waals surface area (Å²) in [5, 5.41) is 0. The van der Waals surface area contributed by atoms with E-state index in [4.69, 9.17) is 0 Å². The summed E-state index contributed by atoms with van der Waals surface area (Å²) < 4.78 is 37.0. The molecule has 0 aromatic heterocycles. The van der Waals surface area contributed by atoms with E-state index < -0.39 is 41.0 Å². The maximum absolute atomic E-state index is 12.7. The Bertz CT molecular complexity index is 1060. The molecule has 0 aliphatic carbocycles. The van der Waals surface area contributed by atoms with Crippen molar-refractivity contribution in [3.05, 3.63) is 59.2 Å². The normalized spacial score (nSPS) is 10.8. The van der Waals surface area contributed by atoms with E-state index in [0.29, 0.717) is 5.56 Å². The Labute approximate surface area is 181 Å². The zero-order valence-electron chi connectivity index (χ0n) is 17.7. The van der Waals surface area contributed by atoms with Gasteiger partial charge in [-0.3, -0.25) is 19.1 Å². The maximum atomic E-state index is 12.7. The van der Waals surface area contributed by atoms with Crippen LogP contribution in [0.3, 0.4) is 0 Å². The van der Waals surface area contributed by atoms with Gasteiger partial charge in [-0.2, -0.15) is 0 Å². The number of nitrogens with one attached hydrogen (secondary N) is 1. The van der Waals surface area contributed by atoms with Crippen LogP contribution >= 0.6 is 0 Å². The Hall–Kier alpha value is -3.40. The van der Waals surface area contributed by atoms with Crippen LogP contribution in [0.2, 0.25) is 0 Å². The highest BCUT2D eigenvalue weighted by atomic mass is 32.2. The number of methoxy groups -OCH3 is 2. The van der Waals surface area contributed by atoms with E-state index in [-0.39, 0.29) is 16.1 Å². The standard InChI is InChI=1S/C21H24N2O7S/c1-14-5-6-15(2)18(11-14)31(27,28)22-17-9-7-16(8-10-17)21(26)23(12-19(24)29-3)13-20(25)30-4/h5-11,22H,12-13H2,1-4H3. The number of anilines is 1. The highest BCUT2D eigenvalue weighted by Crippen LogP contribution is 2.21. The molecule has 1 N–H and O–H groups in total.